The number of rotatable bonds is 4. The Hall–Kier alpha value is -2.42. The molecule has 1 saturated heterocycles. The van der Waals surface area contributed by atoms with Crippen LogP contribution in [0, 0.1) is 0 Å². The largest absolute Gasteiger partial charge is 0.322 e. The minimum Gasteiger partial charge on any atom is -0.322 e. The lowest BCUT2D eigenvalue weighted by Gasteiger charge is -2.34. The molecule has 0 aromatic heterocycles. The highest BCUT2D eigenvalue weighted by atomic mass is 32.2. The van der Waals surface area contributed by atoms with Gasteiger partial charge in [-0.3, -0.25) is 9.45 Å². The van der Waals surface area contributed by atoms with Crippen LogP contribution in [0.1, 0.15) is 5.56 Å². The van der Waals surface area contributed by atoms with Gasteiger partial charge in [0.05, 0.1) is 4.90 Å². The Morgan fingerprint density at radius 3 is 2.35 bits per heavy atom. The first-order valence-electron chi connectivity index (χ1n) is 8.31. The Labute approximate surface area is 153 Å². The molecule has 3 rings (SSSR count). The molecule has 8 heteroatoms. The molecular formula is C18H21N3O4S. The number of carbonyl (C=O) groups is 1. The van der Waals surface area contributed by atoms with Crippen LogP contribution in [0.4, 0.5) is 10.5 Å². The molecule has 2 amide bonds. The smallest absolute Gasteiger partial charge is 0.321 e. The highest BCUT2D eigenvalue weighted by Gasteiger charge is 2.21. The molecule has 0 atom stereocenters. The molecule has 138 valence electrons. The molecule has 0 aliphatic carbocycles. The van der Waals surface area contributed by atoms with Crippen molar-refractivity contribution in [3.63, 3.8) is 0 Å². The lowest BCUT2D eigenvalue weighted by molar-refractivity contribution is 0.143. The number of hydrogen-bond acceptors (Lipinski definition) is 4. The van der Waals surface area contributed by atoms with Crippen LogP contribution in [-0.2, 0) is 16.7 Å². The Morgan fingerprint density at radius 1 is 1.00 bits per heavy atom. The van der Waals surface area contributed by atoms with E-state index >= 15 is 0 Å². The molecule has 1 aliphatic heterocycles. The topological polar surface area (TPSA) is 90.0 Å². The Morgan fingerprint density at radius 2 is 1.69 bits per heavy atom. The van der Waals surface area contributed by atoms with Gasteiger partial charge in [0.1, 0.15) is 0 Å². The van der Waals surface area contributed by atoms with Crippen LogP contribution in [0.5, 0.6) is 0 Å². The summed E-state index contributed by atoms with van der Waals surface area (Å²) in [6.07, 6.45) is 0. The summed E-state index contributed by atoms with van der Waals surface area (Å²) in [7, 11) is -4.20. The molecule has 0 saturated carbocycles. The fraction of sp³-hybridized carbons (Fsp3) is 0.278. The van der Waals surface area contributed by atoms with Gasteiger partial charge < -0.3 is 10.2 Å². The third kappa shape index (κ3) is 4.81. The average Bonchev–Trinajstić information content (AvgIpc) is 2.63. The molecule has 26 heavy (non-hydrogen) atoms. The quantitative estimate of drug-likeness (QED) is 0.800. The molecule has 1 heterocycles. The number of nitrogens with one attached hydrogen (secondary N) is 1. The summed E-state index contributed by atoms with van der Waals surface area (Å²) in [6.45, 7) is 3.14. The molecule has 2 aromatic carbocycles. The van der Waals surface area contributed by atoms with E-state index in [4.69, 9.17) is 4.55 Å². The van der Waals surface area contributed by atoms with Crippen LogP contribution >= 0.6 is 0 Å². The molecule has 0 spiro atoms. The second-order valence-corrected chi connectivity index (χ2v) is 7.60. The summed E-state index contributed by atoms with van der Waals surface area (Å²) in [4.78, 5) is 16.1. The molecule has 1 fully saturated rings. The van der Waals surface area contributed by atoms with Gasteiger partial charge in [0, 0.05) is 38.4 Å². The third-order valence-electron chi connectivity index (χ3n) is 4.29. The van der Waals surface area contributed by atoms with E-state index in [1.807, 2.05) is 36.4 Å². The Bertz CT molecular complexity index is 863. The minimum atomic E-state index is -4.20. The highest BCUT2D eigenvalue weighted by molar-refractivity contribution is 7.85. The van der Waals surface area contributed by atoms with Crippen molar-refractivity contribution in [2.45, 2.75) is 11.4 Å². The molecule has 0 radical (unpaired) electrons. The van der Waals surface area contributed by atoms with Crippen LogP contribution in [-0.4, -0.2) is 55.0 Å². The maximum atomic E-state index is 12.3. The van der Waals surface area contributed by atoms with Gasteiger partial charge in [-0.1, -0.05) is 30.3 Å². The van der Waals surface area contributed by atoms with Crippen LogP contribution < -0.4 is 5.32 Å². The maximum absolute atomic E-state index is 12.3. The van der Waals surface area contributed by atoms with E-state index < -0.39 is 10.1 Å². The van der Waals surface area contributed by atoms with Gasteiger partial charge in [-0.05, 0) is 29.8 Å². The highest BCUT2D eigenvalue weighted by Crippen LogP contribution is 2.15. The summed E-state index contributed by atoms with van der Waals surface area (Å²) in [5.74, 6) is 0. The molecule has 1 aliphatic rings. The van der Waals surface area contributed by atoms with Crippen molar-refractivity contribution in [1.82, 2.24) is 9.80 Å². The molecule has 2 N–H and O–H groups in total. The van der Waals surface area contributed by atoms with Gasteiger partial charge in [0.25, 0.3) is 10.1 Å². The SMILES string of the molecule is O=C(Nc1ccccc1)N1CCN(Cc2cccc(S(=O)(=O)O)c2)CC1. The van der Waals surface area contributed by atoms with E-state index in [0.29, 0.717) is 32.7 Å². The first kappa shape index (κ1) is 18.4. The molecule has 7 nitrogen and oxygen atoms in total. The van der Waals surface area contributed by atoms with Crippen molar-refractivity contribution >= 4 is 21.8 Å². The van der Waals surface area contributed by atoms with Gasteiger partial charge in [-0.15, -0.1) is 0 Å². The lowest BCUT2D eigenvalue weighted by Crippen LogP contribution is -2.49. The maximum Gasteiger partial charge on any atom is 0.321 e. The lowest BCUT2D eigenvalue weighted by atomic mass is 10.2. The monoisotopic (exact) mass is 375 g/mol. The molecule has 2 aromatic rings. The van der Waals surface area contributed by atoms with E-state index in [1.165, 1.54) is 12.1 Å². The standard InChI is InChI=1S/C18H21N3O4S/c22-18(19-16-6-2-1-3-7-16)21-11-9-20(10-12-21)14-15-5-4-8-17(13-15)26(23,24)25/h1-8,13H,9-12,14H2,(H,19,22)(H,23,24,25). The number of anilines is 1. The summed E-state index contributed by atoms with van der Waals surface area (Å²) >= 11 is 0. The predicted octanol–water partition coefficient (Wildman–Crippen LogP) is 2.28. The summed E-state index contributed by atoms with van der Waals surface area (Å²) in [5.41, 5.74) is 1.57. The first-order chi connectivity index (χ1) is 12.4. The van der Waals surface area contributed by atoms with Crippen molar-refractivity contribution in [3.05, 3.63) is 60.2 Å². The van der Waals surface area contributed by atoms with E-state index in [-0.39, 0.29) is 10.9 Å². The zero-order chi connectivity index (χ0) is 18.6. The normalized spacial score (nSPS) is 15.7. The van der Waals surface area contributed by atoms with Crippen LogP contribution in [0.15, 0.2) is 59.5 Å². The van der Waals surface area contributed by atoms with Crippen molar-refractivity contribution in [2.75, 3.05) is 31.5 Å². The summed E-state index contributed by atoms with van der Waals surface area (Å²) in [5, 5.41) is 2.87. The van der Waals surface area contributed by atoms with Crippen LogP contribution in [0.25, 0.3) is 0 Å². The van der Waals surface area contributed by atoms with Crippen LogP contribution in [0.2, 0.25) is 0 Å². The van der Waals surface area contributed by atoms with E-state index in [1.54, 1.807) is 11.0 Å². The number of amides is 2. The fourth-order valence-corrected chi connectivity index (χ4v) is 3.45. The first-order valence-corrected chi connectivity index (χ1v) is 9.75. The third-order valence-corrected chi connectivity index (χ3v) is 5.14. The van der Waals surface area contributed by atoms with Crippen molar-refractivity contribution in [1.29, 1.82) is 0 Å². The number of para-hydroxylation sites is 1. The molecule has 0 bridgehead atoms. The Balaban J connectivity index is 1.53. The second-order valence-electron chi connectivity index (χ2n) is 6.18. The zero-order valence-electron chi connectivity index (χ0n) is 14.2. The number of urea groups is 1. The number of hydrogen-bond donors (Lipinski definition) is 2. The van der Waals surface area contributed by atoms with Crippen molar-refractivity contribution in [3.8, 4) is 0 Å². The fourth-order valence-electron chi connectivity index (χ4n) is 2.90. The Kier molecular flexibility index (Phi) is 5.55. The second kappa shape index (κ2) is 7.86. The number of piperazine rings is 1. The van der Waals surface area contributed by atoms with Gasteiger partial charge in [0.15, 0.2) is 0 Å². The number of nitrogens with zero attached hydrogens (tertiary/aromatic N) is 2. The predicted molar refractivity (Wildman–Crippen MR) is 98.6 cm³/mol. The van der Waals surface area contributed by atoms with Gasteiger partial charge >= 0.3 is 6.03 Å². The van der Waals surface area contributed by atoms with E-state index in [9.17, 15) is 13.2 Å². The zero-order valence-corrected chi connectivity index (χ0v) is 15.0. The van der Waals surface area contributed by atoms with Crippen molar-refractivity contribution in [2.24, 2.45) is 0 Å². The minimum absolute atomic E-state index is 0.101. The van der Waals surface area contributed by atoms with Crippen molar-refractivity contribution < 1.29 is 17.8 Å². The van der Waals surface area contributed by atoms with E-state index in [2.05, 4.69) is 10.2 Å². The van der Waals surface area contributed by atoms with Gasteiger partial charge in [-0.2, -0.15) is 8.42 Å². The van der Waals surface area contributed by atoms with E-state index in [0.717, 1.165) is 11.3 Å². The molecular weight excluding hydrogens is 354 g/mol. The molecule has 0 unspecified atom stereocenters. The van der Waals surface area contributed by atoms with Gasteiger partial charge in [-0.25, -0.2) is 4.79 Å². The average molecular weight is 375 g/mol. The number of benzene rings is 2. The summed E-state index contributed by atoms with van der Waals surface area (Å²) < 4.78 is 31.6. The van der Waals surface area contributed by atoms with Crippen LogP contribution in [0.3, 0.4) is 0 Å². The summed E-state index contributed by atoms with van der Waals surface area (Å²) in [6, 6.07) is 15.5. The van der Waals surface area contributed by atoms with Gasteiger partial charge in [0.2, 0.25) is 0 Å². The number of carbonyl (C=O) groups excluding carboxylic acids is 1.